The van der Waals surface area contributed by atoms with E-state index in [4.69, 9.17) is 4.98 Å². The highest BCUT2D eigenvalue weighted by atomic mass is 19.1. The fourth-order valence-electron chi connectivity index (χ4n) is 4.34. The summed E-state index contributed by atoms with van der Waals surface area (Å²) in [5.74, 6) is 0.587. The number of nitrogens with one attached hydrogen (secondary N) is 2. The topological polar surface area (TPSA) is 89.7 Å². The third-order valence-corrected chi connectivity index (χ3v) is 6.11. The summed E-state index contributed by atoms with van der Waals surface area (Å²) in [7, 11) is 0. The minimum atomic E-state index is -0.246. The van der Waals surface area contributed by atoms with Crippen LogP contribution in [0.25, 0.3) is 16.9 Å². The van der Waals surface area contributed by atoms with Crippen molar-refractivity contribution in [2.75, 3.05) is 11.9 Å². The Morgan fingerprint density at radius 2 is 2.09 bits per heavy atom. The number of nitrogens with zero attached hydrogens (tertiary/aromatic N) is 5. The minimum Gasteiger partial charge on any atom is -0.324 e. The van der Waals surface area contributed by atoms with Crippen LogP contribution in [0.3, 0.4) is 0 Å². The monoisotopic (exact) mass is 473 g/mol. The van der Waals surface area contributed by atoms with Crippen LogP contribution in [0.5, 0.6) is 0 Å². The second kappa shape index (κ2) is 8.74. The van der Waals surface area contributed by atoms with Crippen LogP contribution in [0.2, 0.25) is 0 Å². The Bertz CT molecular complexity index is 1500. The molecule has 0 fully saturated rings. The largest absolute Gasteiger partial charge is 0.324 e. The second-order valence-electron chi connectivity index (χ2n) is 9.70. The Kier molecular flexibility index (Phi) is 5.72. The van der Waals surface area contributed by atoms with Crippen molar-refractivity contribution in [3.63, 3.8) is 0 Å². The predicted molar refractivity (Wildman–Crippen MR) is 135 cm³/mol. The van der Waals surface area contributed by atoms with Gasteiger partial charge in [-0.05, 0) is 48.4 Å². The molecular formula is C26H28FN7O. The number of fused-ring (bicyclic) bond motifs is 2. The number of hydrogen-bond acceptors (Lipinski definition) is 6. The average Bonchev–Trinajstić information content (AvgIpc) is 3.10. The molecule has 1 aliphatic rings. The minimum absolute atomic E-state index is 0.171. The maximum atomic E-state index is 14.7. The van der Waals surface area contributed by atoms with Crippen molar-refractivity contribution < 1.29 is 4.39 Å². The summed E-state index contributed by atoms with van der Waals surface area (Å²) < 4.78 is 17.9. The van der Waals surface area contributed by atoms with Gasteiger partial charge in [0.25, 0.3) is 5.56 Å². The standard InChI is InChI=1S/C26H28FN7O/c1-5-11-33-24(35)19-15-29-25(30-17-12-16-14-28-10-9-18(16)20(27)13-17)32-23(19)34(33)22-8-6-7-21(31-22)26(2,3)4/h5-8,12-13,15,28H,1,9-11,14H2,2-4H3,(H,29,30,32). The molecule has 0 saturated carbocycles. The number of anilines is 2. The van der Waals surface area contributed by atoms with E-state index < -0.39 is 0 Å². The van der Waals surface area contributed by atoms with Crippen LogP contribution in [-0.4, -0.2) is 30.9 Å². The Balaban J connectivity index is 1.63. The van der Waals surface area contributed by atoms with Crippen LogP contribution in [-0.2, 0) is 24.9 Å². The smallest absolute Gasteiger partial charge is 0.278 e. The first-order valence-electron chi connectivity index (χ1n) is 11.6. The first-order chi connectivity index (χ1) is 16.8. The normalized spacial score (nSPS) is 13.6. The van der Waals surface area contributed by atoms with Gasteiger partial charge < -0.3 is 10.6 Å². The van der Waals surface area contributed by atoms with E-state index in [-0.39, 0.29) is 29.3 Å². The highest BCUT2D eigenvalue weighted by Crippen LogP contribution is 2.26. The summed E-state index contributed by atoms with van der Waals surface area (Å²) in [5.41, 5.74) is 3.10. The molecule has 35 heavy (non-hydrogen) atoms. The molecule has 0 spiro atoms. The molecule has 2 N–H and O–H groups in total. The first-order valence-corrected chi connectivity index (χ1v) is 11.6. The summed E-state index contributed by atoms with van der Waals surface area (Å²) in [4.78, 5) is 27.0. The summed E-state index contributed by atoms with van der Waals surface area (Å²) >= 11 is 0. The van der Waals surface area contributed by atoms with E-state index in [0.717, 1.165) is 23.4 Å². The van der Waals surface area contributed by atoms with Gasteiger partial charge in [0.1, 0.15) is 11.2 Å². The van der Waals surface area contributed by atoms with E-state index >= 15 is 0 Å². The van der Waals surface area contributed by atoms with Gasteiger partial charge in [0.2, 0.25) is 5.95 Å². The highest BCUT2D eigenvalue weighted by molar-refractivity contribution is 5.77. The number of halogens is 1. The molecule has 5 rings (SSSR count). The van der Waals surface area contributed by atoms with Crippen molar-refractivity contribution >= 4 is 22.7 Å². The van der Waals surface area contributed by atoms with E-state index in [1.54, 1.807) is 10.8 Å². The number of allylic oxidation sites excluding steroid dienone is 1. The molecule has 0 unspecified atom stereocenters. The maximum absolute atomic E-state index is 14.7. The van der Waals surface area contributed by atoms with E-state index in [0.29, 0.717) is 35.5 Å². The molecule has 0 atom stereocenters. The zero-order chi connectivity index (χ0) is 24.7. The molecular weight excluding hydrogens is 445 g/mol. The third-order valence-electron chi connectivity index (χ3n) is 6.11. The summed E-state index contributed by atoms with van der Waals surface area (Å²) in [6, 6.07) is 9.09. The van der Waals surface area contributed by atoms with Gasteiger partial charge in [-0.2, -0.15) is 4.98 Å². The lowest BCUT2D eigenvalue weighted by atomic mass is 9.92. The zero-order valence-electron chi connectivity index (χ0n) is 20.1. The van der Waals surface area contributed by atoms with Gasteiger partial charge in [-0.15, -0.1) is 6.58 Å². The number of aromatic nitrogens is 5. The SMILES string of the molecule is C=CCn1c(=O)c2cnc(Nc3cc(F)c4c(c3)CNCC4)nc2n1-c1cccc(C(C)(C)C)n1. The fourth-order valence-corrected chi connectivity index (χ4v) is 4.34. The molecule has 1 aromatic carbocycles. The lowest BCUT2D eigenvalue weighted by Gasteiger charge is -2.19. The van der Waals surface area contributed by atoms with Crippen molar-refractivity contribution in [2.45, 2.75) is 45.7 Å². The van der Waals surface area contributed by atoms with Crippen molar-refractivity contribution in [3.05, 3.63) is 82.2 Å². The van der Waals surface area contributed by atoms with Gasteiger partial charge in [0.15, 0.2) is 11.5 Å². The molecule has 0 radical (unpaired) electrons. The van der Waals surface area contributed by atoms with Gasteiger partial charge in [-0.3, -0.25) is 4.79 Å². The van der Waals surface area contributed by atoms with E-state index in [9.17, 15) is 9.18 Å². The van der Waals surface area contributed by atoms with E-state index in [2.05, 4.69) is 48.0 Å². The lowest BCUT2D eigenvalue weighted by Crippen LogP contribution is -2.24. The third kappa shape index (κ3) is 4.23. The zero-order valence-corrected chi connectivity index (χ0v) is 20.1. The number of benzene rings is 1. The van der Waals surface area contributed by atoms with Crippen molar-refractivity contribution in [3.8, 4) is 5.82 Å². The fraction of sp³-hybridized carbons (Fsp3) is 0.308. The molecule has 0 amide bonds. The Morgan fingerprint density at radius 1 is 1.26 bits per heavy atom. The van der Waals surface area contributed by atoms with Gasteiger partial charge in [-0.1, -0.05) is 32.9 Å². The summed E-state index contributed by atoms with van der Waals surface area (Å²) in [6.45, 7) is 11.7. The van der Waals surface area contributed by atoms with Crippen LogP contribution < -0.4 is 16.2 Å². The van der Waals surface area contributed by atoms with E-state index in [1.165, 1.54) is 16.9 Å². The highest BCUT2D eigenvalue weighted by Gasteiger charge is 2.21. The van der Waals surface area contributed by atoms with Gasteiger partial charge in [-0.25, -0.2) is 23.7 Å². The van der Waals surface area contributed by atoms with Crippen molar-refractivity contribution in [1.29, 1.82) is 0 Å². The van der Waals surface area contributed by atoms with Crippen LogP contribution in [0.15, 0.2) is 54.0 Å². The molecule has 0 bridgehead atoms. The lowest BCUT2D eigenvalue weighted by molar-refractivity contribution is 0.554. The van der Waals surface area contributed by atoms with Gasteiger partial charge in [0.05, 0.1) is 6.54 Å². The Hall–Kier alpha value is -3.85. The number of rotatable bonds is 5. The van der Waals surface area contributed by atoms with Crippen LogP contribution in [0.1, 0.15) is 37.6 Å². The van der Waals surface area contributed by atoms with Crippen LogP contribution in [0, 0.1) is 5.82 Å². The van der Waals surface area contributed by atoms with Crippen molar-refractivity contribution in [2.24, 2.45) is 0 Å². The molecule has 8 nitrogen and oxygen atoms in total. The Morgan fingerprint density at radius 3 is 2.86 bits per heavy atom. The second-order valence-corrected chi connectivity index (χ2v) is 9.70. The average molecular weight is 474 g/mol. The molecule has 0 saturated heterocycles. The molecule has 4 heterocycles. The molecule has 9 heteroatoms. The summed E-state index contributed by atoms with van der Waals surface area (Å²) in [5, 5.41) is 6.73. The van der Waals surface area contributed by atoms with Crippen LogP contribution in [0.4, 0.5) is 16.0 Å². The molecule has 180 valence electrons. The molecule has 4 aromatic rings. The van der Waals surface area contributed by atoms with E-state index in [1.807, 2.05) is 24.3 Å². The predicted octanol–water partition coefficient (Wildman–Crippen LogP) is 3.99. The van der Waals surface area contributed by atoms with Gasteiger partial charge >= 0.3 is 0 Å². The number of pyridine rings is 1. The number of hydrogen-bond donors (Lipinski definition) is 2. The van der Waals surface area contributed by atoms with Crippen molar-refractivity contribution in [1.82, 2.24) is 29.6 Å². The van der Waals surface area contributed by atoms with Crippen LogP contribution >= 0.6 is 0 Å². The molecule has 3 aromatic heterocycles. The summed E-state index contributed by atoms with van der Waals surface area (Å²) in [6.07, 6.45) is 3.81. The first kappa shape index (κ1) is 22.9. The molecule has 1 aliphatic heterocycles. The molecule has 0 aliphatic carbocycles. The maximum Gasteiger partial charge on any atom is 0.278 e. The quantitative estimate of drug-likeness (QED) is 0.426. The van der Waals surface area contributed by atoms with Gasteiger partial charge in [0, 0.05) is 29.5 Å². The Labute approximate surface area is 202 Å².